The summed E-state index contributed by atoms with van der Waals surface area (Å²) in [4.78, 5) is 11.6. The van der Waals surface area contributed by atoms with Crippen LogP contribution in [0.2, 0.25) is 0 Å². The van der Waals surface area contributed by atoms with Crippen LogP contribution in [-0.4, -0.2) is 24.5 Å². The SMILES string of the molecule is CCCCSCC(=O)Nc1cccc(OC)c1. The summed E-state index contributed by atoms with van der Waals surface area (Å²) in [5.74, 6) is 2.35. The van der Waals surface area contributed by atoms with Gasteiger partial charge in [0.15, 0.2) is 0 Å². The molecule has 0 bridgehead atoms. The molecule has 0 aliphatic heterocycles. The summed E-state index contributed by atoms with van der Waals surface area (Å²) >= 11 is 1.67. The number of methoxy groups -OCH3 is 1. The van der Waals surface area contributed by atoms with Crippen LogP contribution in [-0.2, 0) is 4.79 Å². The maximum Gasteiger partial charge on any atom is 0.234 e. The van der Waals surface area contributed by atoms with Gasteiger partial charge in [-0.3, -0.25) is 4.79 Å². The third-order valence-electron chi connectivity index (χ3n) is 2.23. The zero-order valence-electron chi connectivity index (χ0n) is 10.4. The number of unbranched alkanes of at least 4 members (excludes halogenated alkanes) is 1. The van der Waals surface area contributed by atoms with Crippen molar-refractivity contribution in [1.29, 1.82) is 0 Å². The summed E-state index contributed by atoms with van der Waals surface area (Å²) in [6.07, 6.45) is 2.33. The van der Waals surface area contributed by atoms with Crippen molar-refractivity contribution in [3.8, 4) is 5.75 Å². The lowest BCUT2D eigenvalue weighted by Crippen LogP contribution is -2.14. The largest absolute Gasteiger partial charge is 0.497 e. The summed E-state index contributed by atoms with van der Waals surface area (Å²) < 4.78 is 5.09. The fourth-order valence-electron chi connectivity index (χ4n) is 1.31. The predicted molar refractivity (Wildman–Crippen MR) is 73.9 cm³/mol. The molecule has 94 valence electrons. The minimum atomic E-state index is 0.0411. The number of benzene rings is 1. The van der Waals surface area contributed by atoms with E-state index >= 15 is 0 Å². The lowest BCUT2D eigenvalue weighted by Gasteiger charge is -2.06. The molecule has 0 spiro atoms. The first kappa shape index (κ1) is 13.9. The van der Waals surface area contributed by atoms with E-state index in [0.29, 0.717) is 5.75 Å². The summed E-state index contributed by atoms with van der Waals surface area (Å²) in [5.41, 5.74) is 0.783. The van der Waals surface area contributed by atoms with Gasteiger partial charge in [-0.1, -0.05) is 19.4 Å². The number of carbonyl (C=O) groups excluding carboxylic acids is 1. The van der Waals surface area contributed by atoms with E-state index in [9.17, 15) is 4.79 Å². The van der Waals surface area contributed by atoms with Crippen LogP contribution < -0.4 is 10.1 Å². The van der Waals surface area contributed by atoms with E-state index in [1.807, 2.05) is 24.3 Å². The van der Waals surface area contributed by atoms with E-state index < -0.39 is 0 Å². The normalized spacial score (nSPS) is 10.0. The molecule has 0 aromatic heterocycles. The highest BCUT2D eigenvalue weighted by Crippen LogP contribution is 2.17. The van der Waals surface area contributed by atoms with Crippen molar-refractivity contribution in [2.24, 2.45) is 0 Å². The van der Waals surface area contributed by atoms with Crippen LogP contribution in [0, 0.1) is 0 Å². The Kier molecular flexibility index (Phi) is 6.55. The molecule has 1 amide bonds. The van der Waals surface area contributed by atoms with E-state index in [1.165, 1.54) is 6.42 Å². The van der Waals surface area contributed by atoms with Crippen molar-refractivity contribution in [3.63, 3.8) is 0 Å². The summed E-state index contributed by atoms with van der Waals surface area (Å²) in [6, 6.07) is 7.38. The average molecular weight is 253 g/mol. The Morgan fingerprint density at radius 1 is 1.47 bits per heavy atom. The van der Waals surface area contributed by atoms with Crippen LogP contribution in [0.3, 0.4) is 0 Å². The number of thioether (sulfide) groups is 1. The molecule has 3 nitrogen and oxygen atoms in total. The van der Waals surface area contributed by atoms with Gasteiger partial charge in [0.2, 0.25) is 5.91 Å². The van der Waals surface area contributed by atoms with Gasteiger partial charge in [-0.2, -0.15) is 11.8 Å². The second kappa shape index (κ2) is 8.01. The first-order valence-electron chi connectivity index (χ1n) is 5.78. The topological polar surface area (TPSA) is 38.3 Å². The molecule has 1 aromatic rings. The monoisotopic (exact) mass is 253 g/mol. The number of ether oxygens (including phenoxy) is 1. The number of anilines is 1. The van der Waals surface area contributed by atoms with Gasteiger partial charge >= 0.3 is 0 Å². The van der Waals surface area contributed by atoms with Crippen LogP contribution in [0.25, 0.3) is 0 Å². The zero-order valence-corrected chi connectivity index (χ0v) is 11.2. The Morgan fingerprint density at radius 3 is 3.00 bits per heavy atom. The van der Waals surface area contributed by atoms with Crippen molar-refractivity contribution in [2.75, 3.05) is 23.9 Å². The highest BCUT2D eigenvalue weighted by Gasteiger charge is 2.02. The fraction of sp³-hybridized carbons (Fsp3) is 0.462. The van der Waals surface area contributed by atoms with E-state index in [1.54, 1.807) is 18.9 Å². The minimum Gasteiger partial charge on any atom is -0.497 e. The Balaban J connectivity index is 2.34. The van der Waals surface area contributed by atoms with E-state index in [0.717, 1.165) is 23.6 Å². The molecule has 0 saturated carbocycles. The molecule has 1 N–H and O–H groups in total. The third kappa shape index (κ3) is 5.63. The van der Waals surface area contributed by atoms with Crippen molar-refractivity contribution < 1.29 is 9.53 Å². The number of amides is 1. The van der Waals surface area contributed by atoms with Crippen molar-refractivity contribution >= 4 is 23.4 Å². The molecule has 4 heteroatoms. The Hall–Kier alpha value is -1.16. The van der Waals surface area contributed by atoms with Crippen LogP contribution in [0.1, 0.15) is 19.8 Å². The molecule has 0 radical (unpaired) electrons. The fourth-order valence-corrected chi connectivity index (χ4v) is 2.20. The second-order valence-electron chi connectivity index (χ2n) is 3.69. The van der Waals surface area contributed by atoms with Crippen molar-refractivity contribution in [1.82, 2.24) is 0 Å². The molecular weight excluding hydrogens is 234 g/mol. The molecule has 0 aliphatic carbocycles. The van der Waals surface area contributed by atoms with Gasteiger partial charge in [0.1, 0.15) is 5.75 Å². The van der Waals surface area contributed by atoms with E-state index in [4.69, 9.17) is 4.74 Å². The summed E-state index contributed by atoms with van der Waals surface area (Å²) in [5, 5.41) is 2.85. The Labute approximate surface area is 107 Å². The number of nitrogens with one attached hydrogen (secondary N) is 1. The smallest absolute Gasteiger partial charge is 0.234 e. The molecular formula is C13H19NO2S. The van der Waals surface area contributed by atoms with Gasteiger partial charge in [0.05, 0.1) is 12.9 Å². The molecule has 0 unspecified atom stereocenters. The Morgan fingerprint density at radius 2 is 2.29 bits per heavy atom. The first-order valence-corrected chi connectivity index (χ1v) is 6.93. The molecule has 0 aliphatic rings. The molecule has 0 heterocycles. The van der Waals surface area contributed by atoms with Crippen molar-refractivity contribution in [3.05, 3.63) is 24.3 Å². The second-order valence-corrected chi connectivity index (χ2v) is 4.79. The quantitative estimate of drug-likeness (QED) is 0.759. The standard InChI is InChI=1S/C13H19NO2S/c1-3-4-8-17-10-13(15)14-11-6-5-7-12(9-11)16-2/h5-7,9H,3-4,8,10H2,1-2H3,(H,14,15). The van der Waals surface area contributed by atoms with E-state index in [-0.39, 0.29) is 5.91 Å². The van der Waals surface area contributed by atoms with Crippen molar-refractivity contribution in [2.45, 2.75) is 19.8 Å². The third-order valence-corrected chi connectivity index (χ3v) is 3.27. The number of rotatable bonds is 7. The summed E-state index contributed by atoms with van der Waals surface area (Å²) in [6.45, 7) is 2.15. The van der Waals surface area contributed by atoms with Gasteiger partial charge < -0.3 is 10.1 Å². The molecule has 1 aromatic carbocycles. The van der Waals surface area contributed by atoms with Gasteiger partial charge in [0, 0.05) is 11.8 Å². The number of hydrogen-bond acceptors (Lipinski definition) is 3. The van der Waals surface area contributed by atoms with Gasteiger partial charge in [-0.15, -0.1) is 0 Å². The molecule has 0 atom stereocenters. The van der Waals surface area contributed by atoms with Gasteiger partial charge in [0.25, 0.3) is 0 Å². The van der Waals surface area contributed by atoms with Crippen LogP contribution in [0.4, 0.5) is 5.69 Å². The maximum atomic E-state index is 11.6. The average Bonchev–Trinajstić information content (AvgIpc) is 2.35. The minimum absolute atomic E-state index is 0.0411. The Bertz CT molecular complexity index is 355. The highest BCUT2D eigenvalue weighted by atomic mass is 32.2. The first-order chi connectivity index (χ1) is 8.26. The molecule has 17 heavy (non-hydrogen) atoms. The van der Waals surface area contributed by atoms with Crippen LogP contribution in [0.5, 0.6) is 5.75 Å². The predicted octanol–water partition coefficient (Wildman–Crippen LogP) is 3.17. The molecule has 1 rings (SSSR count). The van der Waals surface area contributed by atoms with E-state index in [2.05, 4.69) is 12.2 Å². The molecule has 0 saturated heterocycles. The molecule has 0 fully saturated rings. The lowest BCUT2D eigenvalue weighted by molar-refractivity contribution is -0.113. The maximum absolute atomic E-state index is 11.6. The van der Waals surface area contributed by atoms with Crippen LogP contribution >= 0.6 is 11.8 Å². The highest BCUT2D eigenvalue weighted by molar-refractivity contribution is 7.99. The van der Waals surface area contributed by atoms with Gasteiger partial charge in [-0.05, 0) is 24.3 Å². The zero-order chi connectivity index (χ0) is 12.5. The number of hydrogen-bond donors (Lipinski definition) is 1. The summed E-state index contributed by atoms with van der Waals surface area (Å²) in [7, 11) is 1.61. The van der Waals surface area contributed by atoms with Gasteiger partial charge in [-0.25, -0.2) is 0 Å². The van der Waals surface area contributed by atoms with Crippen LogP contribution in [0.15, 0.2) is 24.3 Å². The number of carbonyl (C=O) groups is 1. The lowest BCUT2D eigenvalue weighted by atomic mass is 10.3.